The maximum atomic E-state index is 5.65. The molecule has 0 spiro atoms. The first-order valence-electron chi connectivity index (χ1n) is 3.76. The molecule has 0 saturated carbocycles. The maximum Gasteiger partial charge on any atom is 0.138 e. The van der Waals surface area contributed by atoms with Crippen LogP contribution >= 0.6 is 11.6 Å². The molecule has 0 atom stereocenters. The van der Waals surface area contributed by atoms with E-state index in [0.29, 0.717) is 5.88 Å². The lowest BCUT2D eigenvalue weighted by molar-refractivity contribution is 0.872. The van der Waals surface area contributed by atoms with Gasteiger partial charge in [-0.2, -0.15) is 5.10 Å². The molecule has 66 valence electrons. The minimum Gasteiger partial charge on any atom is -0.260 e. The van der Waals surface area contributed by atoms with Crippen LogP contribution in [0.4, 0.5) is 0 Å². The highest BCUT2D eigenvalue weighted by molar-refractivity contribution is 6.16. The molecule has 0 aromatic carbocycles. The van der Waals surface area contributed by atoms with E-state index < -0.39 is 0 Å². The van der Waals surface area contributed by atoms with E-state index in [1.54, 1.807) is 17.2 Å². The van der Waals surface area contributed by atoms with Crippen molar-refractivity contribution in [3.8, 4) is 5.69 Å². The lowest BCUT2D eigenvalue weighted by atomic mass is 10.3. The van der Waals surface area contributed by atoms with Gasteiger partial charge >= 0.3 is 0 Å². The predicted molar refractivity (Wildman–Crippen MR) is 48.7 cm³/mol. The molecule has 2 heterocycles. The summed E-state index contributed by atoms with van der Waals surface area (Å²) in [6.45, 7) is 0. The number of nitrogens with zero attached hydrogens (tertiary/aromatic N) is 4. The van der Waals surface area contributed by atoms with Crippen molar-refractivity contribution in [3.05, 3.63) is 36.7 Å². The molecule has 0 aliphatic carbocycles. The number of aromatic nitrogens is 4. The highest BCUT2D eigenvalue weighted by Crippen LogP contribution is 2.07. The molecule has 0 saturated heterocycles. The summed E-state index contributed by atoms with van der Waals surface area (Å²) in [6.07, 6.45) is 4.82. The van der Waals surface area contributed by atoms with Crippen molar-refractivity contribution in [1.29, 1.82) is 0 Å². The summed E-state index contributed by atoms with van der Waals surface area (Å²) in [5.74, 6) is 0.405. The Balaban J connectivity index is 2.41. The van der Waals surface area contributed by atoms with Crippen molar-refractivity contribution in [3.63, 3.8) is 0 Å². The molecule has 4 nitrogen and oxygen atoms in total. The number of hydrogen-bond donors (Lipinski definition) is 0. The fourth-order valence-electron chi connectivity index (χ4n) is 1.02. The van der Waals surface area contributed by atoms with E-state index in [0.717, 1.165) is 11.4 Å². The largest absolute Gasteiger partial charge is 0.260 e. The average Bonchev–Trinajstić information content (AvgIpc) is 2.71. The third kappa shape index (κ3) is 1.67. The predicted octanol–water partition coefficient (Wildman–Crippen LogP) is 1.40. The molecule has 0 fully saturated rings. The van der Waals surface area contributed by atoms with Crippen molar-refractivity contribution in [2.24, 2.45) is 0 Å². The molecule has 2 aromatic heterocycles. The highest BCUT2D eigenvalue weighted by atomic mass is 35.5. The van der Waals surface area contributed by atoms with Gasteiger partial charge in [-0.25, -0.2) is 9.67 Å². The van der Waals surface area contributed by atoms with Crippen molar-refractivity contribution in [2.75, 3.05) is 0 Å². The molecule has 0 radical (unpaired) electrons. The Hall–Kier alpha value is -1.42. The molecule has 2 rings (SSSR count). The van der Waals surface area contributed by atoms with E-state index in [1.807, 2.05) is 12.1 Å². The molecule has 0 unspecified atom stereocenters. The molecule has 0 bridgehead atoms. The summed E-state index contributed by atoms with van der Waals surface area (Å²) < 4.78 is 1.66. The summed E-state index contributed by atoms with van der Waals surface area (Å²) in [4.78, 5) is 7.93. The Bertz CT molecular complexity index is 385. The normalized spacial score (nSPS) is 10.2. The third-order valence-corrected chi connectivity index (χ3v) is 1.89. The molecular formula is C8H7ClN4. The van der Waals surface area contributed by atoms with Crippen LogP contribution in [0, 0.1) is 0 Å². The van der Waals surface area contributed by atoms with Crippen LogP contribution in [0.1, 0.15) is 5.69 Å². The first-order valence-corrected chi connectivity index (χ1v) is 4.29. The molecule has 5 heteroatoms. The molecular weight excluding hydrogens is 188 g/mol. The van der Waals surface area contributed by atoms with Crippen molar-refractivity contribution in [1.82, 2.24) is 19.7 Å². The summed E-state index contributed by atoms with van der Waals surface area (Å²) in [6, 6.07) is 3.73. The van der Waals surface area contributed by atoms with Crippen molar-refractivity contribution in [2.45, 2.75) is 5.88 Å². The first kappa shape index (κ1) is 8.19. The summed E-state index contributed by atoms with van der Waals surface area (Å²) in [7, 11) is 0. The van der Waals surface area contributed by atoms with E-state index in [-0.39, 0.29) is 0 Å². The van der Waals surface area contributed by atoms with Crippen LogP contribution in [0.3, 0.4) is 0 Å². The number of hydrogen-bond acceptors (Lipinski definition) is 3. The van der Waals surface area contributed by atoms with E-state index in [4.69, 9.17) is 11.6 Å². The van der Waals surface area contributed by atoms with Gasteiger partial charge in [0.1, 0.15) is 12.7 Å². The number of rotatable bonds is 2. The van der Waals surface area contributed by atoms with E-state index in [1.165, 1.54) is 6.33 Å². The van der Waals surface area contributed by atoms with Crippen LogP contribution < -0.4 is 0 Å². The third-order valence-electron chi connectivity index (χ3n) is 1.62. The van der Waals surface area contributed by atoms with Gasteiger partial charge in [-0.1, -0.05) is 0 Å². The average molecular weight is 195 g/mol. The van der Waals surface area contributed by atoms with Crippen molar-refractivity contribution < 1.29 is 0 Å². The zero-order valence-corrected chi connectivity index (χ0v) is 7.52. The Kier molecular flexibility index (Phi) is 2.23. The van der Waals surface area contributed by atoms with Crippen LogP contribution in [0.25, 0.3) is 5.69 Å². The van der Waals surface area contributed by atoms with Gasteiger partial charge in [-0.3, -0.25) is 4.98 Å². The Labute approximate surface area is 80.2 Å². The van der Waals surface area contributed by atoms with Gasteiger partial charge in [0.15, 0.2) is 0 Å². The topological polar surface area (TPSA) is 43.6 Å². The molecule has 0 aliphatic rings. The van der Waals surface area contributed by atoms with Crippen LogP contribution in [-0.2, 0) is 5.88 Å². The highest BCUT2D eigenvalue weighted by Gasteiger charge is 1.98. The van der Waals surface area contributed by atoms with Gasteiger partial charge in [-0.05, 0) is 12.1 Å². The lowest BCUT2D eigenvalue weighted by Crippen LogP contribution is -1.96. The molecule has 0 aliphatic heterocycles. The van der Waals surface area contributed by atoms with Gasteiger partial charge in [0.05, 0.1) is 17.3 Å². The van der Waals surface area contributed by atoms with Gasteiger partial charge in [0.25, 0.3) is 0 Å². The number of pyridine rings is 1. The zero-order chi connectivity index (χ0) is 9.10. The van der Waals surface area contributed by atoms with Gasteiger partial charge in [0.2, 0.25) is 0 Å². The van der Waals surface area contributed by atoms with Gasteiger partial charge < -0.3 is 0 Å². The van der Waals surface area contributed by atoms with Crippen LogP contribution in [0.5, 0.6) is 0 Å². The van der Waals surface area contributed by atoms with E-state index >= 15 is 0 Å². The zero-order valence-electron chi connectivity index (χ0n) is 6.76. The van der Waals surface area contributed by atoms with Gasteiger partial charge in [-0.15, -0.1) is 11.6 Å². The smallest absolute Gasteiger partial charge is 0.138 e. The van der Waals surface area contributed by atoms with E-state index in [9.17, 15) is 0 Å². The second-order valence-corrected chi connectivity index (χ2v) is 2.75. The standard InChI is InChI=1S/C8H7ClN4/c9-4-7-3-8(1-2-11-7)13-6-10-5-12-13/h1-3,5-6H,4H2. The number of halogens is 1. The molecule has 0 N–H and O–H groups in total. The fraction of sp³-hybridized carbons (Fsp3) is 0.125. The Morgan fingerprint density at radius 3 is 3.08 bits per heavy atom. The van der Waals surface area contributed by atoms with Crippen LogP contribution in [0.2, 0.25) is 0 Å². The maximum absolute atomic E-state index is 5.65. The fourth-order valence-corrected chi connectivity index (χ4v) is 1.17. The second-order valence-electron chi connectivity index (χ2n) is 2.48. The summed E-state index contributed by atoms with van der Waals surface area (Å²) in [5, 5.41) is 4.00. The van der Waals surface area contributed by atoms with Crippen LogP contribution in [-0.4, -0.2) is 19.7 Å². The summed E-state index contributed by atoms with van der Waals surface area (Å²) >= 11 is 5.65. The van der Waals surface area contributed by atoms with Gasteiger partial charge in [0, 0.05) is 6.20 Å². The SMILES string of the molecule is ClCc1cc(-n2cncn2)ccn1. The molecule has 13 heavy (non-hydrogen) atoms. The minimum absolute atomic E-state index is 0.405. The van der Waals surface area contributed by atoms with Crippen molar-refractivity contribution >= 4 is 11.6 Å². The minimum atomic E-state index is 0.405. The second kappa shape index (κ2) is 3.53. The Morgan fingerprint density at radius 2 is 2.38 bits per heavy atom. The summed E-state index contributed by atoms with van der Waals surface area (Å²) in [5.41, 5.74) is 1.75. The Morgan fingerprint density at radius 1 is 1.46 bits per heavy atom. The lowest BCUT2D eigenvalue weighted by Gasteiger charge is -2.00. The molecule has 0 amide bonds. The number of alkyl halides is 1. The van der Waals surface area contributed by atoms with E-state index in [2.05, 4.69) is 15.1 Å². The monoisotopic (exact) mass is 194 g/mol. The first-order chi connectivity index (χ1) is 6.40. The van der Waals surface area contributed by atoms with Crippen LogP contribution in [0.15, 0.2) is 31.0 Å². The quantitative estimate of drug-likeness (QED) is 0.679. The molecule has 2 aromatic rings.